The molecular weight excluding hydrogens is 98.0 g/mol. The molecule has 0 aromatic heterocycles. The summed E-state index contributed by atoms with van der Waals surface area (Å²) in [7, 11) is 0. The van der Waals surface area contributed by atoms with Crippen molar-refractivity contribution in [2.45, 2.75) is 0 Å². The SMILES string of the molecule is N[C]1OC(=O)C1=O. The maximum Gasteiger partial charge on any atom is 0.383 e. The molecule has 1 aliphatic rings. The van der Waals surface area contributed by atoms with Gasteiger partial charge in [-0.05, 0) is 0 Å². The minimum Gasteiger partial charge on any atom is -0.423 e. The number of cyclic esters (lactones) is 1. The highest BCUT2D eigenvalue weighted by atomic mass is 16.6. The van der Waals surface area contributed by atoms with Crippen LogP contribution in [0.2, 0.25) is 0 Å². The Morgan fingerprint density at radius 1 is 1.43 bits per heavy atom. The molecule has 0 amide bonds. The second kappa shape index (κ2) is 1.04. The third-order valence-electron chi connectivity index (χ3n) is 0.612. The number of esters is 1. The van der Waals surface area contributed by atoms with E-state index in [-0.39, 0.29) is 6.23 Å². The van der Waals surface area contributed by atoms with E-state index < -0.39 is 11.8 Å². The molecule has 0 spiro atoms. The standard InChI is InChI=1S/C3H2NO3/c4-2-1(5)3(6)7-2/h4H2. The first-order valence-corrected chi connectivity index (χ1v) is 1.61. The van der Waals surface area contributed by atoms with Gasteiger partial charge in [0, 0.05) is 0 Å². The zero-order chi connectivity index (χ0) is 5.44. The van der Waals surface area contributed by atoms with Crippen LogP contribution in [0.5, 0.6) is 0 Å². The molecule has 0 saturated carbocycles. The predicted octanol–water partition coefficient (Wildman–Crippen LogP) is -1.44. The minimum atomic E-state index is -0.863. The lowest BCUT2D eigenvalue weighted by molar-refractivity contribution is -0.167. The lowest BCUT2D eigenvalue weighted by Gasteiger charge is -2.15. The maximum atomic E-state index is 9.92. The molecule has 1 rings (SSSR count). The van der Waals surface area contributed by atoms with Crippen molar-refractivity contribution >= 4 is 11.8 Å². The molecule has 7 heavy (non-hydrogen) atoms. The third-order valence-corrected chi connectivity index (χ3v) is 0.612. The summed E-state index contributed by atoms with van der Waals surface area (Å²) in [4.78, 5) is 19.7. The van der Waals surface area contributed by atoms with Crippen LogP contribution in [0.15, 0.2) is 0 Å². The van der Waals surface area contributed by atoms with Crippen molar-refractivity contribution < 1.29 is 14.3 Å². The molecule has 0 unspecified atom stereocenters. The molecule has 1 heterocycles. The Bertz CT molecular complexity index is 130. The summed E-state index contributed by atoms with van der Waals surface area (Å²) in [6.07, 6.45) is -0.301. The molecule has 1 saturated heterocycles. The summed E-state index contributed by atoms with van der Waals surface area (Å²) in [5, 5.41) is 0. The monoisotopic (exact) mass is 100 g/mol. The van der Waals surface area contributed by atoms with Gasteiger partial charge < -0.3 is 4.74 Å². The smallest absolute Gasteiger partial charge is 0.383 e. The molecule has 4 nitrogen and oxygen atoms in total. The van der Waals surface area contributed by atoms with Gasteiger partial charge in [0.2, 0.25) is 0 Å². The molecule has 0 aromatic carbocycles. The van der Waals surface area contributed by atoms with Gasteiger partial charge in [-0.25, -0.2) is 4.79 Å². The Labute approximate surface area is 39.2 Å². The lowest BCUT2D eigenvalue weighted by atomic mass is 10.3. The Kier molecular flexibility index (Phi) is 0.631. The van der Waals surface area contributed by atoms with E-state index in [2.05, 4.69) is 4.74 Å². The van der Waals surface area contributed by atoms with Gasteiger partial charge in [0.15, 0.2) is 0 Å². The fourth-order valence-corrected chi connectivity index (χ4v) is 0.247. The zero-order valence-electron chi connectivity index (χ0n) is 3.30. The largest absolute Gasteiger partial charge is 0.423 e. The number of hydrogen-bond acceptors (Lipinski definition) is 4. The van der Waals surface area contributed by atoms with Crippen molar-refractivity contribution in [2.75, 3.05) is 0 Å². The van der Waals surface area contributed by atoms with Crippen LogP contribution in [0, 0.1) is 6.23 Å². The predicted molar refractivity (Wildman–Crippen MR) is 18.5 cm³/mol. The van der Waals surface area contributed by atoms with Gasteiger partial charge in [0.1, 0.15) is 0 Å². The molecule has 0 bridgehead atoms. The first kappa shape index (κ1) is 4.26. The van der Waals surface area contributed by atoms with Crippen LogP contribution in [-0.2, 0) is 14.3 Å². The topological polar surface area (TPSA) is 69.4 Å². The summed E-state index contributed by atoms with van der Waals surface area (Å²) in [5.74, 6) is -1.59. The van der Waals surface area contributed by atoms with Crippen molar-refractivity contribution in [3.8, 4) is 0 Å². The van der Waals surface area contributed by atoms with Crippen LogP contribution in [0.3, 0.4) is 0 Å². The Balaban J connectivity index is 2.60. The molecule has 1 aliphatic heterocycles. The Morgan fingerprint density at radius 2 is 2.00 bits per heavy atom. The molecular formula is C3H2NO3. The van der Waals surface area contributed by atoms with E-state index in [1.54, 1.807) is 0 Å². The van der Waals surface area contributed by atoms with Crippen LogP contribution in [0.4, 0.5) is 0 Å². The number of ketones is 1. The first-order chi connectivity index (χ1) is 3.22. The number of Topliss-reactive ketones (excluding diaryl/α,β-unsaturated/α-hetero) is 1. The zero-order valence-corrected chi connectivity index (χ0v) is 3.30. The van der Waals surface area contributed by atoms with Gasteiger partial charge in [0.05, 0.1) is 0 Å². The van der Waals surface area contributed by atoms with E-state index in [9.17, 15) is 9.59 Å². The van der Waals surface area contributed by atoms with Crippen LogP contribution in [0.25, 0.3) is 0 Å². The molecule has 0 aromatic rings. The quantitative estimate of drug-likeness (QED) is 0.299. The lowest BCUT2D eigenvalue weighted by Crippen LogP contribution is -2.44. The molecule has 0 atom stereocenters. The van der Waals surface area contributed by atoms with E-state index in [1.165, 1.54) is 0 Å². The summed E-state index contributed by atoms with van der Waals surface area (Å²) < 4.78 is 3.96. The van der Waals surface area contributed by atoms with Crippen molar-refractivity contribution in [3.63, 3.8) is 0 Å². The average Bonchev–Trinajstić information content (AvgIpc) is 1.68. The molecule has 37 valence electrons. The maximum absolute atomic E-state index is 9.92. The molecule has 1 fully saturated rings. The molecule has 2 N–H and O–H groups in total. The fraction of sp³-hybridized carbons (Fsp3) is 0. The molecule has 4 heteroatoms. The average molecular weight is 100 g/mol. The minimum absolute atomic E-state index is 0.301. The van der Waals surface area contributed by atoms with Crippen LogP contribution < -0.4 is 5.73 Å². The van der Waals surface area contributed by atoms with Gasteiger partial charge in [-0.2, -0.15) is 0 Å². The van der Waals surface area contributed by atoms with Gasteiger partial charge in [-0.1, -0.05) is 0 Å². The highest BCUT2D eigenvalue weighted by molar-refractivity contribution is 6.44. The summed E-state index contributed by atoms with van der Waals surface area (Å²) in [5.41, 5.74) is 4.74. The Hall–Kier alpha value is -0.900. The number of rotatable bonds is 0. The van der Waals surface area contributed by atoms with Gasteiger partial charge in [-0.15, -0.1) is 0 Å². The van der Waals surface area contributed by atoms with E-state index in [1.807, 2.05) is 0 Å². The number of ether oxygens (including phenoxy) is 1. The van der Waals surface area contributed by atoms with Crippen molar-refractivity contribution in [2.24, 2.45) is 5.73 Å². The summed E-state index contributed by atoms with van der Waals surface area (Å²) in [6.45, 7) is 0. The van der Waals surface area contributed by atoms with Gasteiger partial charge in [0.25, 0.3) is 6.23 Å². The van der Waals surface area contributed by atoms with Crippen molar-refractivity contribution in [1.82, 2.24) is 0 Å². The molecule has 1 radical (unpaired) electrons. The van der Waals surface area contributed by atoms with E-state index in [4.69, 9.17) is 5.73 Å². The fourth-order valence-electron chi connectivity index (χ4n) is 0.247. The highest BCUT2D eigenvalue weighted by Crippen LogP contribution is 2.08. The van der Waals surface area contributed by atoms with E-state index in [0.29, 0.717) is 0 Å². The van der Waals surface area contributed by atoms with Crippen molar-refractivity contribution in [3.05, 3.63) is 6.23 Å². The second-order valence-corrected chi connectivity index (χ2v) is 1.08. The number of carbonyl (C=O) groups is 2. The normalized spacial score (nSPS) is 21.3. The van der Waals surface area contributed by atoms with Crippen LogP contribution >= 0.6 is 0 Å². The number of carbonyl (C=O) groups excluding carboxylic acids is 2. The summed E-state index contributed by atoms with van der Waals surface area (Å²) >= 11 is 0. The number of hydrogen-bond donors (Lipinski definition) is 1. The third kappa shape index (κ3) is 0.398. The Morgan fingerprint density at radius 3 is 2.00 bits per heavy atom. The highest BCUT2D eigenvalue weighted by Gasteiger charge is 2.39. The first-order valence-electron chi connectivity index (χ1n) is 1.61. The molecule has 0 aliphatic carbocycles. The van der Waals surface area contributed by atoms with E-state index >= 15 is 0 Å². The second-order valence-electron chi connectivity index (χ2n) is 1.08. The van der Waals surface area contributed by atoms with Gasteiger partial charge in [-0.3, -0.25) is 10.5 Å². The number of nitrogens with two attached hydrogens (primary N) is 1. The van der Waals surface area contributed by atoms with Gasteiger partial charge >= 0.3 is 11.8 Å². The van der Waals surface area contributed by atoms with Crippen LogP contribution in [0.1, 0.15) is 0 Å². The van der Waals surface area contributed by atoms with E-state index in [0.717, 1.165) is 0 Å². The van der Waals surface area contributed by atoms with Crippen molar-refractivity contribution in [1.29, 1.82) is 0 Å². The summed E-state index contributed by atoms with van der Waals surface area (Å²) in [6, 6.07) is 0. The van der Waals surface area contributed by atoms with Crippen LogP contribution in [-0.4, -0.2) is 11.8 Å².